The molecule has 3 nitrogen and oxygen atoms in total. The van der Waals surface area contributed by atoms with Gasteiger partial charge >= 0.3 is 0 Å². The highest BCUT2D eigenvalue weighted by Crippen LogP contribution is 2.20. The van der Waals surface area contributed by atoms with Crippen LogP contribution in [0.15, 0.2) is 27.4 Å². The Labute approximate surface area is 87.0 Å². The lowest BCUT2D eigenvalue weighted by atomic mass is 10.1. The van der Waals surface area contributed by atoms with Gasteiger partial charge in [0.25, 0.3) is 0 Å². The molecular weight excluding hydrogens is 192 g/mol. The van der Waals surface area contributed by atoms with Gasteiger partial charge in [0.1, 0.15) is 17.1 Å². The van der Waals surface area contributed by atoms with Crippen molar-refractivity contribution in [3.05, 3.63) is 39.7 Å². The topological polar surface area (TPSA) is 50.4 Å². The van der Waals surface area contributed by atoms with Crippen molar-refractivity contribution >= 4 is 11.0 Å². The second kappa shape index (κ2) is 3.42. The summed E-state index contributed by atoms with van der Waals surface area (Å²) < 4.78 is 5.54. The summed E-state index contributed by atoms with van der Waals surface area (Å²) in [6, 6.07) is 4.54. The minimum absolute atomic E-state index is 0.0203. The minimum Gasteiger partial charge on any atom is -0.508 e. The fourth-order valence-corrected chi connectivity index (χ4v) is 1.66. The van der Waals surface area contributed by atoms with Crippen LogP contribution in [0.4, 0.5) is 0 Å². The minimum atomic E-state index is -0.0203. The first-order valence-corrected chi connectivity index (χ1v) is 4.88. The van der Waals surface area contributed by atoms with Crippen molar-refractivity contribution in [2.45, 2.75) is 20.3 Å². The summed E-state index contributed by atoms with van der Waals surface area (Å²) in [7, 11) is 0. The summed E-state index contributed by atoms with van der Waals surface area (Å²) in [6.45, 7) is 3.69. The van der Waals surface area contributed by atoms with Gasteiger partial charge in [-0.25, -0.2) is 0 Å². The smallest absolute Gasteiger partial charge is 0.195 e. The van der Waals surface area contributed by atoms with Gasteiger partial charge in [0, 0.05) is 18.1 Å². The zero-order valence-electron chi connectivity index (χ0n) is 8.70. The van der Waals surface area contributed by atoms with Crippen molar-refractivity contribution in [2.24, 2.45) is 0 Å². The van der Waals surface area contributed by atoms with Gasteiger partial charge in [-0.3, -0.25) is 4.79 Å². The number of fused-ring (bicyclic) bond motifs is 1. The molecule has 0 saturated carbocycles. The predicted octanol–water partition coefficient (Wildman–Crippen LogP) is 2.37. The fraction of sp³-hybridized carbons (Fsp3) is 0.250. The Morgan fingerprint density at radius 3 is 2.80 bits per heavy atom. The van der Waals surface area contributed by atoms with Crippen LogP contribution in [0.3, 0.4) is 0 Å². The van der Waals surface area contributed by atoms with Crippen molar-refractivity contribution < 1.29 is 9.52 Å². The second-order valence-electron chi connectivity index (χ2n) is 3.51. The number of phenolic OH excluding ortho intramolecular Hbond substituents is 1. The molecule has 0 spiro atoms. The van der Waals surface area contributed by atoms with Crippen LogP contribution < -0.4 is 5.43 Å². The number of benzene rings is 1. The van der Waals surface area contributed by atoms with Gasteiger partial charge in [-0.1, -0.05) is 6.92 Å². The number of aryl methyl sites for hydroxylation is 1. The highest BCUT2D eigenvalue weighted by Gasteiger charge is 2.09. The van der Waals surface area contributed by atoms with E-state index in [0.29, 0.717) is 28.7 Å². The van der Waals surface area contributed by atoms with Crippen LogP contribution in [-0.4, -0.2) is 5.11 Å². The third-order valence-corrected chi connectivity index (χ3v) is 2.52. The van der Waals surface area contributed by atoms with Crippen molar-refractivity contribution in [3.8, 4) is 5.75 Å². The standard InChI is InChI=1S/C12H12O3/c1-3-10-7(2)12(14)9-5-4-8(13)6-11(9)15-10/h4-6,13H,3H2,1-2H3. The van der Waals surface area contributed by atoms with Crippen LogP contribution >= 0.6 is 0 Å². The SMILES string of the molecule is CCc1oc2cc(O)ccc2c(=O)c1C. The van der Waals surface area contributed by atoms with Gasteiger partial charge in [0.15, 0.2) is 5.43 Å². The molecule has 0 aliphatic rings. The van der Waals surface area contributed by atoms with Gasteiger partial charge in [-0.15, -0.1) is 0 Å². The molecule has 0 bridgehead atoms. The quantitative estimate of drug-likeness (QED) is 0.775. The van der Waals surface area contributed by atoms with Crippen LogP contribution in [0.1, 0.15) is 18.2 Å². The number of phenols is 1. The summed E-state index contributed by atoms with van der Waals surface area (Å²) in [5.74, 6) is 0.787. The van der Waals surface area contributed by atoms with E-state index in [2.05, 4.69) is 0 Å². The lowest BCUT2D eigenvalue weighted by Crippen LogP contribution is -2.08. The van der Waals surface area contributed by atoms with Gasteiger partial charge < -0.3 is 9.52 Å². The molecule has 2 aromatic rings. The summed E-state index contributed by atoms with van der Waals surface area (Å²) in [5.41, 5.74) is 1.08. The molecule has 0 aliphatic heterocycles. The first kappa shape index (κ1) is 9.77. The predicted molar refractivity (Wildman–Crippen MR) is 58.3 cm³/mol. The maximum atomic E-state index is 11.9. The lowest BCUT2D eigenvalue weighted by Gasteiger charge is -2.04. The Morgan fingerprint density at radius 2 is 2.13 bits per heavy atom. The van der Waals surface area contributed by atoms with Crippen molar-refractivity contribution in [3.63, 3.8) is 0 Å². The number of rotatable bonds is 1. The third-order valence-electron chi connectivity index (χ3n) is 2.52. The van der Waals surface area contributed by atoms with Crippen LogP contribution in [0, 0.1) is 6.92 Å². The van der Waals surface area contributed by atoms with Crippen LogP contribution in [0.2, 0.25) is 0 Å². The van der Waals surface area contributed by atoms with E-state index in [1.165, 1.54) is 12.1 Å². The molecule has 0 fully saturated rings. The maximum Gasteiger partial charge on any atom is 0.195 e. The van der Waals surface area contributed by atoms with E-state index in [0.717, 1.165) is 0 Å². The molecule has 0 aliphatic carbocycles. The molecule has 1 aromatic carbocycles. The van der Waals surface area contributed by atoms with Gasteiger partial charge in [0.2, 0.25) is 0 Å². The molecule has 3 heteroatoms. The second-order valence-corrected chi connectivity index (χ2v) is 3.51. The normalized spacial score (nSPS) is 10.8. The monoisotopic (exact) mass is 204 g/mol. The average molecular weight is 204 g/mol. The first-order valence-electron chi connectivity index (χ1n) is 4.88. The van der Waals surface area contributed by atoms with Crippen molar-refractivity contribution in [1.82, 2.24) is 0 Å². The zero-order chi connectivity index (χ0) is 11.0. The Kier molecular flexibility index (Phi) is 2.23. The molecule has 0 saturated heterocycles. The molecule has 78 valence electrons. The molecule has 2 rings (SSSR count). The van der Waals surface area contributed by atoms with Crippen LogP contribution in [-0.2, 0) is 6.42 Å². The molecule has 0 atom stereocenters. The van der Waals surface area contributed by atoms with E-state index >= 15 is 0 Å². The first-order chi connectivity index (χ1) is 7.13. The Morgan fingerprint density at radius 1 is 1.40 bits per heavy atom. The highest BCUT2D eigenvalue weighted by molar-refractivity contribution is 5.78. The van der Waals surface area contributed by atoms with Crippen LogP contribution in [0.5, 0.6) is 5.75 Å². The lowest BCUT2D eigenvalue weighted by molar-refractivity contribution is 0.472. The molecule has 0 amide bonds. The summed E-state index contributed by atoms with van der Waals surface area (Å²) in [6.07, 6.45) is 0.673. The Balaban J connectivity index is 2.91. The molecule has 0 radical (unpaired) electrons. The van der Waals surface area contributed by atoms with Crippen LogP contribution in [0.25, 0.3) is 11.0 Å². The zero-order valence-corrected chi connectivity index (χ0v) is 8.70. The van der Waals surface area contributed by atoms with E-state index in [-0.39, 0.29) is 11.2 Å². The molecule has 0 unspecified atom stereocenters. The summed E-state index contributed by atoms with van der Waals surface area (Å²) in [5, 5.41) is 9.81. The average Bonchev–Trinajstić information content (AvgIpc) is 2.23. The largest absolute Gasteiger partial charge is 0.508 e. The Bertz CT molecular complexity index is 567. The molecular formula is C12H12O3. The number of hydrogen-bond donors (Lipinski definition) is 1. The molecule has 1 N–H and O–H groups in total. The molecule has 1 aromatic heterocycles. The summed E-state index contributed by atoms with van der Waals surface area (Å²) in [4.78, 5) is 11.9. The van der Waals surface area contributed by atoms with Gasteiger partial charge in [-0.05, 0) is 19.1 Å². The summed E-state index contributed by atoms with van der Waals surface area (Å²) >= 11 is 0. The van der Waals surface area contributed by atoms with E-state index in [9.17, 15) is 9.90 Å². The Hall–Kier alpha value is -1.77. The van der Waals surface area contributed by atoms with E-state index in [4.69, 9.17) is 4.42 Å². The number of hydrogen-bond acceptors (Lipinski definition) is 3. The molecule has 15 heavy (non-hydrogen) atoms. The van der Waals surface area contributed by atoms with Gasteiger partial charge in [-0.2, -0.15) is 0 Å². The highest BCUT2D eigenvalue weighted by atomic mass is 16.3. The number of aromatic hydroxyl groups is 1. The van der Waals surface area contributed by atoms with Crippen molar-refractivity contribution in [1.29, 1.82) is 0 Å². The van der Waals surface area contributed by atoms with E-state index < -0.39 is 0 Å². The third kappa shape index (κ3) is 1.50. The maximum absolute atomic E-state index is 11.9. The van der Waals surface area contributed by atoms with E-state index in [1.807, 2.05) is 6.92 Å². The van der Waals surface area contributed by atoms with Gasteiger partial charge in [0.05, 0.1) is 5.39 Å². The molecule has 1 heterocycles. The fourth-order valence-electron chi connectivity index (χ4n) is 1.66. The van der Waals surface area contributed by atoms with Crippen molar-refractivity contribution in [2.75, 3.05) is 0 Å². The van der Waals surface area contributed by atoms with E-state index in [1.54, 1.807) is 13.0 Å².